The van der Waals surface area contributed by atoms with E-state index >= 15 is 0 Å². The Morgan fingerprint density at radius 3 is 2.24 bits per heavy atom. The number of thiazole rings is 1. The minimum atomic E-state index is -0.646. The molecule has 4 rings (SSSR count). The number of hydrogen-bond acceptors (Lipinski definition) is 8. The Morgan fingerprint density at radius 1 is 1.03 bits per heavy atom. The maximum Gasteiger partial charge on any atom is 0.338 e. The summed E-state index contributed by atoms with van der Waals surface area (Å²) in [7, 11) is 5.92. The van der Waals surface area contributed by atoms with Crippen LogP contribution in [0.5, 0.6) is 17.2 Å². The number of benzene rings is 2. The molecule has 9 heteroatoms. The standard InChI is InChI=1S/C25H24N2O6S/c1-14-20(24(29)33-5)21(16-9-7-6-8-10-16)27-23(28)19(34-25(27)26-14)13-15-11-17(30-2)22(32-4)18(12-15)31-3/h6-13,21H,1-5H3/b19-13-/t21-/m1/s1. The Balaban J connectivity index is 1.95. The Kier molecular flexibility index (Phi) is 6.56. The molecule has 176 valence electrons. The number of ether oxygens (including phenoxy) is 4. The summed E-state index contributed by atoms with van der Waals surface area (Å²) in [6, 6.07) is 12.2. The van der Waals surface area contributed by atoms with Gasteiger partial charge in [0, 0.05) is 0 Å². The van der Waals surface area contributed by atoms with E-state index in [9.17, 15) is 9.59 Å². The maximum absolute atomic E-state index is 13.6. The minimum absolute atomic E-state index is 0.264. The first kappa shape index (κ1) is 23.3. The molecule has 1 aliphatic heterocycles. The first-order valence-corrected chi connectivity index (χ1v) is 11.2. The summed E-state index contributed by atoms with van der Waals surface area (Å²) < 4.78 is 23.3. The van der Waals surface area contributed by atoms with Crippen molar-refractivity contribution >= 4 is 23.4 Å². The monoisotopic (exact) mass is 480 g/mol. The van der Waals surface area contributed by atoms with Crippen molar-refractivity contribution in [1.82, 2.24) is 4.57 Å². The van der Waals surface area contributed by atoms with Crippen LogP contribution in [0, 0.1) is 0 Å². The number of hydrogen-bond donors (Lipinski definition) is 0. The highest BCUT2D eigenvalue weighted by molar-refractivity contribution is 7.07. The smallest absolute Gasteiger partial charge is 0.338 e. The summed E-state index contributed by atoms with van der Waals surface area (Å²) in [6.07, 6.45) is 1.74. The lowest BCUT2D eigenvalue weighted by molar-refractivity contribution is -0.136. The molecule has 0 spiro atoms. The Hall–Kier alpha value is -3.85. The molecule has 0 aliphatic carbocycles. The van der Waals surface area contributed by atoms with E-state index in [0.29, 0.717) is 43.4 Å². The van der Waals surface area contributed by atoms with Gasteiger partial charge in [0.2, 0.25) is 5.75 Å². The van der Waals surface area contributed by atoms with Crippen molar-refractivity contribution in [2.75, 3.05) is 28.4 Å². The number of carbonyl (C=O) groups excluding carboxylic acids is 1. The van der Waals surface area contributed by atoms with Crippen LogP contribution in [0.4, 0.5) is 0 Å². The molecule has 34 heavy (non-hydrogen) atoms. The Morgan fingerprint density at radius 2 is 1.68 bits per heavy atom. The molecule has 8 nitrogen and oxygen atoms in total. The van der Waals surface area contributed by atoms with Gasteiger partial charge in [-0.15, -0.1) is 0 Å². The number of rotatable bonds is 6. The molecular weight excluding hydrogens is 456 g/mol. The number of esters is 1. The van der Waals surface area contributed by atoms with Gasteiger partial charge >= 0.3 is 5.97 Å². The van der Waals surface area contributed by atoms with Gasteiger partial charge in [-0.3, -0.25) is 9.36 Å². The van der Waals surface area contributed by atoms with Crippen LogP contribution in [-0.4, -0.2) is 39.0 Å². The van der Waals surface area contributed by atoms with Gasteiger partial charge in [0.15, 0.2) is 16.3 Å². The molecule has 0 unspecified atom stereocenters. The molecule has 1 atom stereocenters. The first-order chi connectivity index (χ1) is 16.4. The van der Waals surface area contributed by atoms with E-state index in [1.54, 1.807) is 29.7 Å². The van der Waals surface area contributed by atoms with Gasteiger partial charge in [-0.05, 0) is 36.3 Å². The molecule has 1 aliphatic rings. The molecule has 3 aromatic rings. The third-order valence-electron chi connectivity index (χ3n) is 5.53. The summed E-state index contributed by atoms with van der Waals surface area (Å²) in [5, 5.41) is 0. The number of aromatic nitrogens is 1. The van der Waals surface area contributed by atoms with Crippen LogP contribution in [0.25, 0.3) is 6.08 Å². The molecule has 0 radical (unpaired) electrons. The van der Waals surface area contributed by atoms with Gasteiger partial charge in [0.25, 0.3) is 5.56 Å². The van der Waals surface area contributed by atoms with Crippen LogP contribution in [0.2, 0.25) is 0 Å². The van der Waals surface area contributed by atoms with Crippen molar-refractivity contribution < 1.29 is 23.7 Å². The van der Waals surface area contributed by atoms with Gasteiger partial charge in [-0.2, -0.15) is 0 Å². The van der Waals surface area contributed by atoms with Crippen molar-refractivity contribution in [1.29, 1.82) is 0 Å². The average molecular weight is 481 g/mol. The lowest BCUT2D eigenvalue weighted by atomic mass is 9.96. The third-order valence-corrected chi connectivity index (χ3v) is 6.51. The van der Waals surface area contributed by atoms with Crippen LogP contribution in [0.1, 0.15) is 24.1 Å². The molecule has 0 saturated carbocycles. The maximum atomic E-state index is 13.6. The van der Waals surface area contributed by atoms with Gasteiger partial charge < -0.3 is 18.9 Å². The van der Waals surface area contributed by atoms with E-state index in [0.717, 1.165) is 5.56 Å². The van der Waals surface area contributed by atoms with Crippen LogP contribution >= 0.6 is 11.3 Å². The zero-order valence-corrected chi connectivity index (χ0v) is 20.3. The summed E-state index contributed by atoms with van der Waals surface area (Å²) in [5.41, 5.74) is 2.07. The highest BCUT2D eigenvalue weighted by atomic mass is 32.1. The van der Waals surface area contributed by atoms with E-state index in [1.807, 2.05) is 30.3 Å². The number of carbonyl (C=O) groups is 1. The zero-order chi connectivity index (χ0) is 24.4. The number of nitrogens with zero attached hydrogens (tertiary/aromatic N) is 2. The summed E-state index contributed by atoms with van der Waals surface area (Å²) in [4.78, 5) is 31.4. The second kappa shape index (κ2) is 9.56. The molecule has 2 heterocycles. The minimum Gasteiger partial charge on any atom is -0.493 e. The van der Waals surface area contributed by atoms with Gasteiger partial charge in [0.05, 0.1) is 50.3 Å². The van der Waals surface area contributed by atoms with Crippen molar-refractivity contribution in [3.63, 3.8) is 0 Å². The van der Waals surface area contributed by atoms with E-state index in [-0.39, 0.29) is 5.56 Å². The second-order valence-corrected chi connectivity index (χ2v) is 8.45. The topological polar surface area (TPSA) is 88.4 Å². The average Bonchev–Trinajstić information content (AvgIpc) is 3.16. The molecule has 0 N–H and O–H groups in total. The van der Waals surface area contributed by atoms with E-state index in [1.165, 1.54) is 39.8 Å². The number of fused-ring (bicyclic) bond motifs is 1. The predicted octanol–water partition coefficient (Wildman–Crippen LogP) is 2.43. The van der Waals surface area contributed by atoms with E-state index < -0.39 is 12.0 Å². The highest BCUT2D eigenvalue weighted by Gasteiger charge is 2.32. The van der Waals surface area contributed by atoms with Crippen LogP contribution in [-0.2, 0) is 9.53 Å². The normalized spacial score (nSPS) is 15.4. The fourth-order valence-electron chi connectivity index (χ4n) is 3.98. The molecule has 0 fully saturated rings. The lowest BCUT2D eigenvalue weighted by Crippen LogP contribution is -2.39. The van der Waals surface area contributed by atoms with Crippen LogP contribution < -0.4 is 29.1 Å². The highest BCUT2D eigenvalue weighted by Crippen LogP contribution is 2.38. The van der Waals surface area contributed by atoms with E-state index in [4.69, 9.17) is 18.9 Å². The number of allylic oxidation sites excluding steroid dienone is 1. The van der Waals surface area contributed by atoms with Crippen LogP contribution in [0.3, 0.4) is 0 Å². The van der Waals surface area contributed by atoms with Crippen molar-refractivity contribution in [2.45, 2.75) is 13.0 Å². The fourth-order valence-corrected chi connectivity index (χ4v) is 5.03. The quantitative estimate of drug-likeness (QED) is 0.504. The number of methoxy groups -OCH3 is 4. The van der Waals surface area contributed by atoms with Crippen molar-refractivity contribution in [2.24, 2.45) is 4.99 Å². The predicted molar refractivity (Wildman–Crippen MR) is 128 cm³/mol. The van der Waals surface area contributed by atoms with Gasteiger partial charge in [-0.25, -0.2) is 9.79 Å². The molecule has 1 aromatic heterocycles. The Bertz CT molecular complexity index is 1430. The lowest BCUT2D eigenvalue weighted by Gasteiger charge is -2.24. The first-order valence-electron chi connectivity index (χ1n) is 10.4. The van der Waals surface area contributed by atoms with Crippen molar-refractivity contribution in [3.8, 4) is 17.2 Å². The van der Waals surface area contributed by atoms with Crippen LogP contribution in [0.15, 0.2) is 63.5 Å². The molecule has 0 saturated heterocycles. The molecule has 0 amide bonds. The van der Waals surface area contributed by atoms with E-state index in [2.05, 4.69) is 4.99 Å². The summed E-state index contributed by atoms with van der Waals surface area (Å²) in [6.45, 7) is 1.75. The van der Waals surface area contributed by atoms with Gasteiger partial charge in [0.1, 0.15) is 0 Å². The van der Waals surface area contributed by atoms with Gasteiger partial charge in [-0.1, -0.05) is 41.7 Å². The van der Waals surface area contributed by atoms with Crippen molar-refractivity contribution in [3.05, 3.63) is 84.5 Å². The largest absolute Gasteiger partial charge is 0.493 e. The second-order valence-electron chi connectivity index (χ2n) is 7.44. The molecule has 0 bridgehead atoms. The fraction of sp³-hybridized carbons (Fsp3) is 0.240. The summed E-state index contributed by atoms with van der Waals surface area (Å²) >= 11 is 1.25. The SMILES string of the molecule is COC(=O)C1=C(C)N=c2s/c(=C\c3cc(OC)c(OC)c(OC)c3)c(=O)n2[C@@H]1c1ccccc1. The zero-order valence-electron chi connectivity index (χ0n) is 19.4. The third kappa shape index (κ3) is 3.99. The molecule has 2 aromatic carbocycles. The summed E-state index contributed by atoms with van der Waals surface area (Å²) in [5.74, 6) is 0.902. The molecular formula is C25H24N2O6S. The Labute approximate surface area is 200 Å².